The van der Waals surface area contributed by atoms with Crippen LogP contribution in [0.4, 0.5) is 0 Å². The average molecular weight is 294 g/mol. The SMILES string of the molecule is COC1CCCC1N1CCSCC1CBr. The summed E-state index contributed by atoms with van der Waals surface area (Å²) in [5.74, 6) is 2.56. The van der Waals surface area contributed by atoms with E-state index < -0.39 is 0 Å². The zero-order valence-electron chi connectivity index (χ0n) is 9.32. The molecule has 15 heavy (non-hydrogen) atoms. The molecule has 0 N–H and O–H groups in total. The van der Waals surface area contributed by atoms with Gasteiger partial charge in [-0.15, -0.1) is 0 Å². The fraction of sp³-hybridized carbons (Fsp3) is 1.00. The predicted octanol–water partition coefficient (Wildman–Crippen LogP) is 2.37. The van der Waals surface area contributed by atoms with Crippen molar-refractivity contribution in [2.24, 2.45) is 0 Å². The van der Waals surface area contributed by atoms with Crippen LogP contribution in [0.2, 0.25) is 0 Å². The van der Waals surface area contributed by atoms with Crippen LogP contribution in [0.5, 0.6) is 0 Å². The molecule has 1 heterocycles. The van der Waals surface area contributed by atoms with Crippen molar-refractivity contribution in [2.75, 3.05) is 30.5 Å². The molecule has 2 nitrogen and oxygen atoms in total. The van der Waals surface area contributed by atoms with Gasteiger partial charge in [-0.05, 0) is 19.3 Å². The van der Waals surface area contributed by atoms with E-state index in [4.69, 9.17) is 4.74 Å². The van der Waals surface area contributed by atoms with Crippen molar-refractivity contribution in [1.29, 1.82) is 0 Å². The Balaban J connectivity index is 1.99. The molecule has 88 valence electrons. The van der Waals surface area contributed by atoms with Gasteiger partial charge < -0.3 is 4.74 Å². The van der Waals surface area contributed by atoms with Gasteiger partial charge in [-0.2, -0.15) is 11.8 Å². The van der Waals surface area contributed by atoms with E-state index in [1.807, 2.05) is 7.11 Å². The number of alkyl halides is 1. The van der Waals surface area contributed by atoms with Crippen LogP contribution in [0.3, 0.4) is 0 Å². The van der Waals surface area contributed by atoms with Crippen LogP contribution < -0.4 is 0 Å². The number of hydrogen-bond acceptors (Lipinski definition) is 3. The Morgan fingerprint density at radius 3 is 3.07 bits per heavy atom. The summed E-state index contributed by atoms with van der Waals surface area (Å²) in [6.45, 7) is 1.24. The first-order chi connectivity index (χ1) is 7.36. The van der Waals surface area contributed by atoms with Gasteiger partial charge in [-0.3, -0.25) is 4.90 Å². The Labute approximate surface area is 105 Å². The monoisotopic (exact) mass is 293 g/mol. The maximum Gasteiger partial charge on any atom is 0.0726 e. The molecule has 1 aliphatic heterocycles. The molecule has 2 fully saturated rings. The van der Waals surface area contributed by atoms with Gasteiger partial charge in [0.25, 0.3) is 0 Å². The normalized spacial score (nSPS) is 38.4. The number of methoxy groups -OCH3 is 1. The van der Waals surface area contributed by atoms with Crippen molar-refractivity contribution < 1.29 is 4.74 Å². The van der Waals surface area contributed by atoms with Gasteiger partial charge in [0.05, 0.1) is 6.10 Å². The number of ether oxygens (including phenoxy) is 1. The lowest BCUT2D eigenvalue weighted by molar-refractivity contribution is 0.0232. The minimum absolute atomic E-state index is 0.481. The summed E-state index contributed by atoms with van der Waals surface area (Å²) in [6, 6.07) is 1.39. The van der Waals surface area contributed by atoms with E-state index in [2.05, 4.69) is 32.6 Å². The molecule has 2 rings (SSSR count). The summed E-state index contributed by atoms with van der Waals surface area (Å²) in [5.41, 5.74) is 0. The van der Waals surface area contributed by atoms with Crippen molar-refractivity contribution in [3.8, 4) is 0 Å². The maximum atomic E-state index is 5.61. The van der Waals surface area contributed by atoms with Gasteiger partial charge in [-0.1, -0.05) is 15.9 Å². The highest BCUT2D eigenvalue weighted by Crippen LogP contribution is 2.31. The second-order valence-corrected chi connectivity index (χ2v) is 6.19. The highest BCUT2D eigenvalue weighted by atomic mass is 79.9. The van der Waals surface area contributed by atoms with Gasteiger partial charge in [0.2, 0.25) is 0 Å². The van der Waals surface area contributed by atoms with Crippen molar-refractivity contribution >= 4 is 27.7 Å². The molecule has 0 aromatic heterocycles. The van der Waals surface area contributed by atoms with E-state index in [0.717, 1.165) is 5.33 Å². The van der Waals surface area contributed by atoms with Crippen LogP contribution in [0.25, 0.3) is 0 Å². The minimum atomic E-state index is 0.481. The van der Waals surface area contributed by atoms with Crippen LogP contribution in [0.15, 0.2) is 0 Å². The van der Waals surface area contributed by atoms with Crippen molar-refractivity contribution in [3.63, 3.8) is 0 Å². The van der Waals surface area contributed by atoms with E-state index in [0.29, 0.717) is 18.2 Å². The standard InChI is InChI=1S/C11H20BrNOS/c1-14-11-4-2-3-10(11)13-5-6-15-8-9(13)7-12/h9-11H,2-8H2,1H3. The van der Waals surface area contributed by atoms with E-state index >= 15 is 0 Å². The lowest BCUT2D eigenvalue weighted by Crippen LogP contribution is -2.52. The molecule has 1 saturated carbocycles. The lowest BCUT2D eigenvalue weighted by atomic mass is 10.1. The average Bonchev–Trinajstić information content (AvgIpc) is 2.76. The third-order valence-electron chi connectivity index (χ3n) is 3.60. The molecule has 0 radical (unpaired) electrons. The summed E-state index contributed by atoms with van der Waals surface area (Å²) < 4.78 is 5.61. The van der Waals surface area contributed by atoms with Crippen molar-refractivity contribution in [3.05, 3.63) is 0 Å². The van der Waals surface area contributed by atoms with Crippen molar-refractivity contribution in [1.82, 2.24) is 4.90 Å². The summed E-state index contributed by atoms with van der Waals surface area (Å²) >= 11 is 5.73. The molecule has 1 aliphatic carbocycles. The van der Waals surface area contributed by atoms with Crippen LogP contribution in [0, 0.1) is 0 Å². The molecule has 0 bridgehead atoms. The van der Waals surface area contributed by atoms with Gasteiger partial charge >= 0.3 is 0 Å². The maximum absolute atomic E-state index is 5.61. The van der Waals surface area contributed by atoms with Crippen LogP contribution in [-0.4, -0.2) is 53.6 Å². The molecular weight excluding hydrogens is 274 g/mol. The zero-order chi connectivity index (χ0) is 10.7. The number of halogens is 1. The predicted molar refractivity (Wildman–Crippen MR) is 70.0 cm³/mol. The number of hydrogen-bond donors (Lipinski definition) is 0. The Hall–Kier alpha value is 0.750. The molecule has 0 amide bonds. The molecule has 1 saturated heterocycles. The van der Waals surface area contributed by atoms with E-state index in [1.54, 1.807) is 0 Å². The first-order valence-electron chi connectivity index (χ1n) is 5.79. The Kier molecular flexibility index (Phi) is 4.80. The fourth-order valence-electron chi connectivity index (χ4n) is 2.80. The molecule has 3 atom stereocenters. The van der Waals surface area contributed by atoms with Gasteiger partial charge in [-0.25, -0.2) is 0 Å². The summed E-state index contributed by atoms with van der Waals surface area (Å²) in [7, 11) is 1.87. The number of nitrogens with zero attached hydrogens (tertiary/aromatic N) is 1. The first kappa shape index (κ1) is 12.2. The third-order valence-corrected chi connectivity index (χ3v) is 5.44. The molecule has 0 aromatic carbocycles. The molecule has 3 unspecified atom stereocenters. The first-order valence-corrected chi connectivity index (χ1v) is 8.06. The molecular formula is C11H20BrNOS. The zero-order valence-corrected chi connectivity index (χ0v) is 11.7. The number of thioether (sulfide) groups is 1. The van der Waals surface area contributed by atoms with E-state index in [1.165, 1.54) is 37.3 Å². The van der Waals surface area contributed by atoms with Gasteiger partial charge in [0, 0.05) is 42.6 Å². The summed E-state index contributed by atoms with van der Waals surface area (Å²) in [6.07, 6.45) is 4.39. The van der Waals surface area contributed by atoms with Crippen LogP contribution in [0.1, 0.15) is 19.3 Å². The fourth-order valence-corrected chi connectivity index (χ4v) is 4.79. The Bertz CT molecular complexity index is 205. The second kappa shape index (κ2) is 5.89. The highest BCUT2D eigenvalue weighted by molar-refractivity contribution is 9.09. The van der Waals surface area contributed by atoms with Crippen LogP contribution in [-0.2, 0) is 4.74 Å². The molecule has 0 aromatic rings. The quantitative estimate of drug-likeness (QED) is 0.742. The highest BCUT2D eigenvalue weighted by Gasteiger charge is 2.36. The van der Waals surface area contributed by atoms with Crippen molar-refractivity contribution in [2.45, 2.75) is 37.5 Å². The lowest BCUT2D eigenvalue weighted by Gasteiger charge is -2.40. The largest absolute Gasteiger partial charge is 0.380 e. The second-order valence-electron chi connectivity index (χ2n) is 4.39. The van der Waals surface area contributed by atoms with E-state index in [9.17, 15) is 0 Å². The Morgan fingerprint density at radius 2 is 2.33 bits per heavy atom. The smallest absolute Gasteiger partial charge is 0.0726 e. The van der Waals surface area contributed by atoms with E-state index in [-0.39, 0.29) is 0 Å². The van der Waals surface area contributed by atoms with Crippen LogP contribution >= 0.6 is 27.7 Å². The topological polar surface area (TPSA) is 12.5 Å². The Morgan fingerprint density at radius 1 is 1.47 bits per heavy atom. The third kappa shape index (κ3) is 2.71. The van der Waals surface area contributed by atoms with Gasteiger partial charge in [0.15, 0.2) is 0 Å². The van der Waals surface area contributed by atoms with Gasteiger partial charge in [0.1, 0.15) is 0 Å². The minimum Gasteiger partial charge on any atom is -0.380 e. The molecule has 4 heteroatoms. The number of rotatable bonds is 3. The summed E-state index contributed by atoms with van der Waals surface area (Å²) in [4.78, 5) is 2.69. The summed E-state index contributed by atoms with van der Waals surface area (Å²) in [5, 5.41) is 1.10. The molecule has 0 spiro atoms. The molecule has 2 aliphatic rings.